The van der Waals surface area contributed by atoms with Crippen LogP contribution in [-0.4, -0.2) is 27.3 Å². The number of hydrogen-bond donors (Lipinski definition) is 2. The summed E-state index contributed by atoms with van der Waals surface area (Å²) in [6.07, 6.45) is 1.99. The van der Waals surface area contributed by atoms with E-state index in [4.69, 9.17) is 6.42 Å². The van der Waals surface area contributed by atoms with Gasteiger partial charge in [-0.05, 0) is 24.3 Å². The summed E-state index contributed by atoms with van der Waals surface area (Å²) in [5.74, 6) is 0.514. The number of nitrogens with zero attached hydrogens (tertiary/aromatic N) is 2. The number of pyridine rings is 2. The van der Waals surface area contributed by atoms with Gasteiger partial charge in [0.05, 0.1) is 23.3 Å². The number of aromatic hydroxyl groups is 1. The third kappa shape index (κ3) is 4.29. The van der Waals surface area contributed by atoms with Crippen molar-refractivity contribution in [1.29, 1.82) is 0 Å². The van der Waals surface area contributed by atoms with Gasteiger partial charge < -0.3 is 15.2 Å². The van der Waals surface area contributed by atoms with Crippen molar-refractivity contribution in [1.82, 2.24) is 15.3 Å². The zero-order valence-electron chi connectivity index (χ0n) is 14.1. The van der Waals surface area contributed by atoms with E-state index >= 15 is 0 Å². The third-order valence-corrected chi connectivity index (χ3v) is 3.64. The molecule has 0 bridgehead atoms. The first-order chi connectivity index (χ1) is 13.3. The second-order valence-corrected chi connectivity index (χ2v) is 5.59. The molecule has 2 aromatic heterocycles. The van der Waals surface area contributed by atoms with Gasteiger partial charge >= 0.3 is 6.36 Å². The maximum Gasteiger partial charge on any atom is 0.573 e. The Morgan fingerprint density at radius 3 is 2.71 bits per heavy atom. The van der Waals surface area contributed by atoms with Gasteiger partial charge in [0.15, 0.2) is 0 Å². The molecule has 1 aromatic carbocycles. The van der Waals surface area contributed by atoms with Crippen LogP contribution in [0.3, 0.4) is 0 Å². The Balaban J connectivity index is 1.94. The van der Waals surface area contributed by atoms with Crippen molar-refractivity contribution in [3.05, 3.63) is 59.5 Å². The van der Waals surface area contributed by atoms with Crippen LogP contribution in [0, 0.1) is 12.3 Å². The highest BCUT2D eigenvalue weighted by molar-refractivity contribution is 5.98. The SMILES string of the molecule is C#Cc1cc(OC(F)(F)F)cc2c(O)cc(C(=O)NCc3ccccn3)nc12. The van der Waals surface area contributed by atoms with Gasteiger partial charge in [0.25, 0.3) is 5.91 Å². The number of aromatic nitrogens is 2. The summed E-state index contributed by atoms with van der Waals surface area (Å²) in [7, 11) is 0. The molecular weight excluding hydrogens is 375 g/mol. The van der Waals surface area contributed by atoms with Gasteiger partial charge in [-0.3, -0.25) is 9.78 Å². The number of halogens is 3. The number of carbonyl (C=O) groups excluding carboxylic acids is 1. The average molecular weight is 387 g/mol. The zero-order valence-corrected chi connectivity index (χ0v) is 14.1. The van der Waals surface area contributed by atoms with Crippen molar-refractivity contribution < 1.29 is 27.8 Å². The predicted octanol–water partition coefficient (Wildman–Crippen LogP) is 3.15. The Bertz CT molecular complexity index is 1080. The summed E-state index contributed by atoms with van der Waals surface area (Å²) >= 11 is 0. The average Bonchev–Trinajstić information content (AvgIpc) is 2.65. The van der Waals surface area contributed by atoms with Crippen molar-refractivity contribution in [3.63, 3.8) is 0 Å². The fraction of sp³-hybridized carbons (Fsp3) is 0.105. The predicted molar refractivity (Wildman–Crippen MR) is 93.4 cm³/mol. The van der Waals surface area contributed by atoms with Gasteiger partial charge in [-0.15, -0.1) is 19.6 Å². The van der Waals surface area contributed by atoms with E-state index in [2.05, 4.69) is 25.9 Å². The Hall–Kier alpha value is -3.80. The van der Waals surface area contributed by atoms with Gasteiger partial charge in [0.1, 0.15) is 17.2 Å². The van der Waals surface area contributed by atoms with Crippen LogP contribution >= 0.6 is 0 Å². The highest BCUT2D eigenvalue weighted by atomic mass is 19.4. The summed E-state index contributed by atoms with van der Waals surface area (Å²) in [6, 6.07) is 8.14. The van der Waals surface area contributed by atoms with Crippen LogP contribution in [0.2, 0.25) is 0 Å². The number of nitrogens with one attached hydrogen (secondary N) is 1. The molecule has 0 saturated carbocycles. The Labute approximate surface area is 157 Å². The van der Waals surface area contributed by atoms with Crippen LogP contribution in [0.5, 0.6) is 11.5 Å². The fourth-order valence-electron chi connectivity index (χ4n) is 2.47. The molecule has 142 valence electrons. The Morgan fingerprint density at radius 1 is 1.29 bits per heavy atom. The zero-order chi connectivity index (χ0) is 20.3. The largest absolute Gasteiger partial charge is 0.573 e. The summed E-state index contributed by atoms with van der Waals surface area (Å²) in [5.41, 5.74) is 0.396. The van der Waals surface area contributed by atoms with Crippen molar-refractivity contribution in [2.24, 2.45) is 0 Å². The number of terminal acetylenes is 1. The van der Waals surface area contributed by atoms with E-state index < -0.39 is 23.8 Å². The van der Waals surface area contributed by atoms with Gasteiger partial charge in [-0.2, -0.15) is 0 Å². The summed E-state index contributed by atoms with van der Waals surface area (Å²) in [4.78, 5) is 20.5. The lowest BCUT2D eigenvalue weighted by Gasteiger charge is -2.12. The van der Waals surface area contributed by atoms with Crippen molar-refractivity contribution in [2.45, 2.75) is 12.9 Å². The second-order valence-electron chi connectivity index (χ2n) is 5.59. The second kappa shape index (κ2) is 7.44. The maximum atomic E-state index is 12.5. The van der Waals surface area contributed by atoms with E-state index in [1.54, 1.807) is 24.4 Å². The number of carbonyl (C=O) groups is 1. The molecule has 9 heteroatoms. The number of rotatable bonds is 4. The minimum atomic E-state index is -4.92. The van der Waals surface area contributed by atoms with Crippen LogP contribution in [0.1, 0.15) is 21.7 Å². The lowest BCUT2D eigenvalue weighted by molar-refractivity contribution is -0.274. The first-order valence-corrected chi connectivity index (χ1v) is 7.85. The molecule has 0 aliphatic carbocycles. The molecule has 1 amide bonds. The van der Waals surface area contributed by atoms with E-state index in [0.29, 0.717) is 5.69 Å². The van der Waals surface area contributed by atoms with Crippen LogP contribution < -0.4 is 10.1 Å². The molecule has 6 nitrogen and oxygen atoms in total. The molecule has 0 unspecified atom stereocenters. The van der Waals surface area contributed by atoms with Gasteiger partial charge in [0, 0.05) is 17.6 Å². The number of amides is 1. The van der Waals surface area contributed by atoms with E-state index in [0.717, 1.165) is 18.2 Å². The molecule has 0 radical (unpaired) electrons. The van der Waals surface area contributed by atoms with Crippen LogP contribution in [0.25, 0.3) is 10.9 Å². The molecule has 2 N–H and O–H groups in total. The number of ether oxygens (including phenoxy) is 1. The van der Waals surface area contributed by atoms with Crippen LogP contribution in [0.4, 0.5) is 13.2 Å². The number of alkyl halides is 3. The molecule has 3 aromatic rings. The highest BCUT2D eigenvalue weighted by Crippen LogP contribution is 2.33. The first-order valence-electron chi connectivity index (χ1n) is 7.85. The molecule has 0 fully saturated rings. The molecule has 2 heterocycles. The van der Waals surface area contributed by atoms with Crippen molar-refractivity contribution in [3.8, 4) is 23.8 Å². The van der Waals surface area contributed by atoms with Crippen molar-refractivity contribution >= 4 is 16.8 Å². The molecule has 0 atom stereocenters. The number of benzene rings is 1. The Kier molecular flexibility index (Phi) is 5.04. The van der Waals surface area contributed by atoms with Gasteiger partial charge in [-0.25, -0.2) is 4.98 Å². The monoisotopic (exact) mass is 387 g/mol. The lowest BCUT2D eigenvalue weighted by atomic mass is 10.1. The van der Waals surface area contributed by atoms with Crippen LogP contribution in [0.15, 0.2) is 42.6 Å². The highest BCUT2D eigenvalue weighted by Gasteiger charge is 2.31. The quantitative estimate of drug-likeness (QED) is 0.672. The number of hydrogen-bond acceptors (Lipinski definition) is 5. The maximum absolute atomic E-state index is 12.5. The Morgan fingerprint density at radius 2 is 2.07 bits per heavy atom. The molecule has 0 saturated heterocycles. The molecular formula is C19H12F3N3O3. The first kappa shape index (κ1) is 19.0. The number of fused-ring (bicyclic) bond motifs is 1. The van der Waals surface area contributed by atoms with Crippen LogP contribution in [-0.2, 0) is 6.54 Å². The summed E-state index contributed by atoms with van der Waals surface area (Å²) in [6.45, 7) is 0.126. The molecule has 0 spiro atoms. The summed E-state index contributed by atoms with van der Waals surface area (Å²) in [5, 5.41) is 12.7. The lowest BCUT2D eigenvalue weighted by Crippen LogP contribution is -2.24. The minimum Gasteiger partial charge on any atom is -0.507 e. The van der Waals surface area contributed by atoms with E-state index in [1.807, 2.05) is 0 Å². The third-order valence-electron chi connectivity index (χ3n) is 3.64. The smallest absolute Gasteiger partial charge is 0.507 e. The van der Waals surface area contributed by atoms with E-state index in [1.165, 1.54) is 0 Å². The normalized spacial score (nSPS) is 11.1. The van der Waals surface area contributed by atoms with E-state index in [-0.39, 0.29) is 28.7 Å². The van der Waals surface area contributed by atoms with E-state index in [9.17, 15) is 23.1 Å². The topological polar surface area (TPSA) is 84.3 Å². The molecule has 0 aliphatic heterocycles. The standard InChI is InChI=1S/C19H12F3N3O3/c1-2-11-7-13(28-19(20,21)22)8-14-16(26)9-15(25-17(11)14)18(27)24-10-12-5-3-4-6-23-12/h1,3-9H,10H2,(H,24,27)(H,25,26). The minimum absolute atomic E-state index is 0.00000982. The van der Waals surface area contributed by atoms with Gasteiger partial charge in [-0.1, -0.05) is 12.0 Å². The molecule has 3 rings (SSSR count). The summed E-state index contributed by atoms with van der Waals surface area (Å²) < 4.78 is 41.2. The fourth-order valence-corrected chi connectivity index (χ4v) is 2.47. The molecule has 28 heavy (non-hydrogen) atoms. The molecule has 0 aliphatic rings. The van der Waals surface area contributed by atoms with Crippen molar-refractivity contribution in [2.75, 3.05) is 0 Å². The van der Waals surface area contributed by atoms with Gasteiger partial charge in [0.2, 0.25) is 0 Å².